The fourth-order valence-corrected chi connectivity index (χ4v) is 4.63. The van der Waals surface area contributed by atoms with Crippen molar-refractivity contribution in [3.63, 3.8) is 0 Å². The van der Waals surface area contributed by atoms with Gasteiger partial charge in [-0.15, -0.1) is 0 Å². The second-order valence-corrected chi connectivity index (χ2v) is 9.42. The first-order valence-electron chi connectivity index (χ1n) is 9.06. The van der Waals surface area contributed by atoms with Crippen molar-refractivity contribution in [1.82, 2.24) is 4.72 Å². The zero-order chi connectivity index (χ0) is 21.4. The molecule has 3 rings (SSSR count). The third kappa shape index (κ3) is 4.98. The Kier molecular flexibility index (Phi) is 5.75. The normalized spacial score (nSPS) is 21.5. The molecule has 6 nitrogen and oxygen atoms in total. The molecule has 0 aliphatic heterocycles. The Morgan fingerprint density at radius 2 is 1.83 bits per heavy atom. The molecule has 0 bridgehead atoms. The van der Waals surface area contributed by atoms with Crippen LogP contribution >= 0.6 is 0 Å². The first-order chi connectivity index (χ1) is 13.5. The molecule has 2 aromatic carbocycles. The van der Waals surface area contributed by atoms with Gasteiger partial charge in [-0.25, -0.2) is 21.9 Å². The highest BCUT2D eigenvalue weighted by atomic mass is 32.2. The van der Waals surface area contributed by atoms with Gasteiger partial charge in [-0.3, -0.25) is 4.79 Å². The summed E-state index contributed by atoms with van der Waals surface area (Å²) in [6.45, 7) is 3.28. The van der Waals surface area contributed by atoms with E-state index in [0.717, 1.165) is 12.1 Å². The van der Waals surface area contributed by atoms with Crippen LogP contribution in [0.15, 0.2) is 41.3 Å². The molecule has 0 heterocycles. The van der Waals surface area contributed by atoms with Gasteiger partial charge < -0.3 is 10.4 Å². The molecule has 0 unspecified atom stereocenters. The van der Waals surface area contributed by atoms with Gasteiger partial charge in [-0.1, -0.05) is 0 Å². The zero-order valence-electron chi connectivity index (χ0n) is 16.0. The van der Waals surface area contributed by atoms with Gasteiger partial charge in [-0.2, -0.15) is 0 Å². The van der Waals surface area contributed by atoms with Crippen LogP contribution in [0.5, 0.6) is 0 Å². The molecule has 0 saturated heterocycles. The van der Waals surface area contributed by atoms with Gasteiger partial charge in [0.1, 0.15) is 16.5 Å². The number of carbonyl (C=O) groups excluding carboxylic acids is 1. The van der Waals surface area contributed by atoms with E-state index in [9.17, 15) is 27.1 Å². The second-order valence-electron chi connectivity index (χ2n) is 7.69. The number of aliphatic hydroxyl groups is 1. The Labute approximate surface area is 168 Å². The number of rotatable bonds is 6. The average molecular weight is 424 g/mol. The molecule has 29 heavy (non-hydrogen) atoms. The van der Waals surface area contributed by atoms with Crippen LogP contribution in [0.3, 0.4) is 0 Å². The molecule has 0 atom stereocenters. The van der Waals surface area contributed by atoms with Crippen molar-refractivity contribution >= 4 is 21.6 Å². The molecule has 0 radical (unpaired) electrons. The van der Waals surface area contributed by atoms with Crippen LogP contribution in [0.25, 0.3) is 0 Å². The van der Waals surface area contributed by atoms with Gasteiger partial charge in [0.05, 0.1) is 5.60 Å². The Hall–Kier alpha value is -2.36. The third-order valence-electron chi connectivity index (χ3n) is 4.92. The fraction of sp³-hybridized carbons (Fsp3) is 0.350. The predicted octanol–water partition coefficient (Wildman–Crippen LogP) is 2.96. The lowest BCUT2D eigenvalue weighted by Crippen LogP contribution is -2.46. The van der Waals surface area contributed by atoms with Crippen LogP contribution in [-0.4, -0.2) is 31.6 Å². The zero-order valence-corrected chi connectivity index (χ0v) is 16.8. The van der Waals surface area contributed by atoms with Crippen molar-refractivity contribution in [3.8, 4) is 0 Å². The fourth-order valence-electron chi connectivity index (χ4n) is 3.41. The highest BCUT2D eigenvalue weighted by Crippen LogP contribution is 2.36. The van der Waals surface area contributed by atoms with Crippen LogP contribution in [-0.2, 0) is 10.0 Å². The molecular weight excluding hydrogens is 402 g/mol. The minimum absolute atomic E-state index is 0.0315. The first kappa shape index (κ1) is 21.4. The maximum atomic E-state index is 14.2. The summed E-state index contributed by atoms with van der Waals surface area (Å²) in [5.41, 5.74) is -0.180. The van der Waals surface area contributed by atoms with Gasteiger partial charge in [0.25, 0.3) is 5.91 Å². The molecule has 1 fully saturated rings. The minimum Gasteiger partial charge on any atom is -0.390 e. The monoisotopic (exact) mass is 424 g/mol. The van der Waals surface area contributed by atoms with E-state index in [0.29, 0.717) is 24.1 Å². The smallest absolute Gasteiger partial charge is 0.255 e. The summed E-state index contributed by atoms with van der Waals surface area (Å²) in [5.74, 6) is -2.08. The molecule has 2 aromatic rings. The van der Waals surface area contributed by atoms with Gasteiger partial charge in [-0.05, 0) is 74.6 Å². The molecule has 1 aliphatic carbocycles. The van der Waals surface area contributed by atoms with E-state index in [1.807, 2.05) is 0 Å². The SMILES string of the molecule is Cc1cc(NC(=O)c2ccc(F)c(S(=O)(=O)NCC3CC(C)(O)C3)c2)ccc1F. The van der Waals surface area contributed by atoms with Crippen molar-refractivity contribution in [3.05, 3.63) is 59.2 Å². The predicted molar refractivity (Wildman–Crippen MR) is 104 cm³/mol. The van der Waals surface area contributed by atoms with Crippen molar-refractivity contribution in [2.45, 2.75) is 37.2 Å². The van der Waals surface area contributed by atoms with E-state index in [-0.39, 0.29) is 18.0 Å². The van der Waals surface area contributed by atoms with Crippen LogP contribution in [0.2, 0.25) is 0 Å². The standard InChI is InChI=1S/C20H22F2N2O4S/c1-12-7-15(4-6-16(12)21)24-19(25)14-3-5-17(22)18(8-14)29(27,28)23-11-13-9-20(2,26)10-13/h3-8,13,23,26H,9-11H2,1-2H3,(H,24,25). The Morgan fingerprint density at radius 3 is 2.45 bits per heavy atom. The number of anilines is 1. The summed E-state index contributed by atoms with van der Waals surface area (Å²) in [7, 11) is -4.18. The Morgan fingerprint density at radius 1 is 1.17 bits per heavy atom. The summed E-state index contributed by atoms with van der Waals surface area (Å²) in [6.07, 6.45) is 0.912. The van der Waals surface area contributed by atoms with Gasteiger partial charge >= 0.3 is 0 Å². The lowest BCUT2D eigenvalue weighted by atomic mass is 9.72. The molecule has 9 heteroatoms. The van der Waals surface area contributed by atoms with Gasteiger partial charge in [0, 0.05) is 17.8 Å². The number of aryl methyl sites for hydroxylation is 1. The molecular formula is C20H22F2N2O4S. The Balaban J connectivity index is 1.74. The van der Waals surface area contributed by atoms with E-state index >= 15 is 0 Å². The average Bonchev–Trinajstić information content (AvgIpc) is 2.61. The molecule has 0 aromatic heterocycles. The molecule has 0 spiro atoms. The summed E-state index contributed by atoms with van der Waals surface area (Å²) >= 11 is 0. The van der Waals surface area contributed by atoms with E-state index in [1.54, 1.807) is 13.8 Å². The van der Waals surface area contributed by atoms with E-state index in [1.165, 1.54) is 24.3 Å². The molecule has 1 aliphatic rings. The quantitative estimate of drug-likeness (QED) is 0.664. The number of hydrogen-bond donors (Lipinski definition) is 3. The number of benzene rings is 2. The second kappa shape index (κ2) is 7.81. The van der Waals surface area contributed by atoms with E-state index in [4.69, 9.17) is 0 Å². The number of sulfonamides is 1. The molecule has 156 valence electrons. The minimum atomic E-state index is -4.18. The van der Waals surface area contributed by atoms with Crippen molar-refractivity contribution in [2.24, 2.45) is 5.92 Å². The first-order valence-corrected chi connectivity index (χ1v) is 10.5. The summed E-state index contributed by atoms with van der Waals surface area (Å²) in [6, 6.07) is 7.05. The largest absolute Gasteiger partial charge is 0.390 e. The van der Waals surface area contributed by atoms with Crippen molar-refractivity contribution in [1.29, 1.82) is 0 Å². The highest BCUT2D eigenvalue weighted by Gasteiger charge is 2.38. The summed E-state index contributed by atoms with van der Waals surface area (Å²) in [4.78, 5) is 11.8. The van der Waals surface area contributed by atoms with Crippen LogP contribution in [0, 0.1) is 24.5 Å². The van der Waals surface area contributed by atoms with Gasteiger partial charge in [0.2, 0.25) is 10.0 Å². The maximum Gasteiger partial charge on any atom is 0.255 e. The number of carbonyl (C=O) groups is 1. The maximum absolute atomic E-state index is 14.2. The summed E-state index contributed by atoms with van der Waals surface area (Å²) in [5, 5.41) is 12.3. The number of nitrogens with one attached hydrogen (secondary N) is 2. The number of amides is 1. The van der Waals surface area contributed by atoms with E-state index in [2.05, 4.69) is 10.0 Å². The topological polar surface area (TPSA) is 95.5 Å². The summed E-state index contributed by atoms with van der Waals surface area (Å²) < 4.78 is 54.8. The van der Waals surface area contributed by atoms with Crippen LogP contribution < -0.4 is 10.0 Å². The van der Waals surface area contributed by atoms with E-state index < -0.39 is 38.1 Å². The Bertz CT molecular complexity index is 1050. The third-order valence-corrected chi connectivity index (χ3v) is 6.36. The molecule has 3 N–H and O–H groups in total. The number of halogens is 2. The van der Waals surface area contributed by atoms with Gasteiger partial charge in [0.15, 0.2) is 0 Å². The molecule has 1 amide bonds. The van der Waals surface area contributed by atoms with Crippen LogP contribution in [0.1, 0.15) is 35.7 Å². The van der Waals surface area contributed by atoms with Crippen molar-refractivity contribution < 1.29 is 27.1 Å². The molecule has 1 saturated carbocycles. The lowest BCUT2D eigenvalue weighted by Gasteiger charge is -2.40. The lowest BCUT2D eigenvalue weighted by molar-refractivity contribution is -0.0546. The number of hydrogen-bond acceptors (Lipinski definition) is 4. The van der Waals surface area contributed by atoms with Crippen LogP contribution in [0.4, 0.5) is 14.5 Å². The van der Waals surface area contributed by atoms with Crippen molar-refractivity contribution in [2.75, 3.05) is 11.9 Å². The highest BCUT2D eigenvalue weighted by molar-refractivity contribution is 7.89.